The van der Waals surface area contributed by atoms with Gasteiger partial charge in [0.25, 0.3) is 0 Å². The molecule has 1 aliphatic carbocycles. The Hall–Kier alpha value is -0.0800. The van der Waals surface area contributed by atoms with Crippen molar-refractivity contribution in [1.29, 1.82) is 0 Å². The number of likely N-dealkylation sites (N-methyl/N-ethyl adjacent to an activating group) is 1. The maximum atomic E-state index is 5.68. The van der Waals surface area contributed by atoms with Crippen molar-refractivity contribution in [2.24, 2.45) is 5.92 Å². The molecule has 0 aromatic heterocycles. The van der Waals surface area contributed by atoms with Crippen LogP contribution in [0.3, 0.4) is 0 Å². The Morgan fingerprint density at radius 2 is 2.00 bits per heavy atom. The molecule has 0 aliphatic heterocycles. The molecular formula is C12H25NO. The summed E-state index contributed by atoms with van der Waals surface area (Å²) in [6.45, 7) is 3.29. The van der Waals surface area contributed by atoms with Crippen LogP contribution in [0.25, 0.3) is 0 Å². The van der Waals surface area contributed by atoms with E-state index < -0.39 is 0 Å². The smallest absolute Gasteiger partial charge is 0.0802 e. The van der Waals surface area contributed by atoms with Crippen LogP contribution >= 0.6 is 0 Å². The van der Waals surface area contributed by atoms with Gasteiger partial charge in [-0.2, -0.15) is 0 Å². The first kappa shape index (κ1) is 12.0. The number of hydrogen-bond donors (Lipinski definition) is 1. The number of hydrogen-bond acceptors (Lipinski definition) is 2. The molecule has 1 rings (SSSR count). The second kappa shape index (κ2) is 5.72. The third kappa shape index (κ3) is 2.96. The third-order valence-corrected chi connectivity index (χ3v) is 3.65. The van der Waals surface area contributed by atoms with Gasteiger partial charge in [-0.15, -0.1) is 0 Å². The van der Waals surface area contributed by atoms with E-state index in [2.05, 4.69) is 12.2 Å². The number of ether oxygens (including phenoxy) is 1. The van der Waals surface area contributed by atoms with Gasteiger partial charge in [-0.05, 0) is 38.6 Å². The fourth-order valence-corrected chi connectivity index (χ4v) is 2.68. The van der Waals surface area contributed by atoms with Crippen LogP contribution in [0.1, 0.15) is 45.4 Å². The van der Waals surface area contributed by atoms with Crippen molar-refractivity contribution in [2.45, 2.75) is 51.0 Å². The molecule has 0 atom stereocenters. The molecule has 0 aromatic carbocycles. The lowest BCUT2D eigenvalue weighted by Gasteiger charge is -2.39. The average Bonchev–Trinajstić information content (AvgIpc) is 2.22. The molecule has 84 valence electrons. The molecule has 0 bridgehead atoms. The summed E-state index contributed by atoms with van der Waals surface area (Å²) in [7, 11) is 3.87. The lowest BCUT2D eigenvalue weighted by molar-refractivity contribution is -0.0469. The summed E-state index contributed by atoms with van der Waals surface area (Å²) >= 11 is 0. The highest BCUT2D eigenvalue weighted by atomic mass is 16.5. The maximum absolute atomic E-state index is 5.68. The Labute approximate surface area is 88.4 Å². The summed E-state index contributed by atoms with van der Waals surface area (Å²) in [5.74, 6) is 0.958. The molecule has 2 nitrogen and oxygen atoms in total. The Kier molecular flexibility index (Phi) is 4.90. The SMILES string of the molecule is CCCC1CCC(CNC)(OC)CC1. The first-order chi connectivity index (χ1) is 6.76. The van der Waals surface area contributed by atoms with E-state index in [1.165, 1.54) is 38.5 Å². The molecule has 0 spiro atoms. The fourth-order valence-electron chi connectivity index (χ4n) is 2.68. The Morgan fingerprint density at radius 1 is 1.36 bits per heavy atom. The zero-order valence-electron chi connectivity index (χ0n) is 9.94. The highest BCUT2D eigenvalue weighted by Crippen LogP contribution is 2.35. The van der Waals surface area contributed by atoms with Crippen molar-refractivity contribution in [3.63, 3.8) is 0 Å². The molecule has 1 saturated carbocycles. The van der Waals surface area contributed by atoms with Crippen LogP contribution in [0.5, 0.6) is 0 Å². The summed E-state index contributed by atoms with van der Waals surface area (Å²) in [6.07, 6.45) is 7.90. The number of rotatable bonds is 5. The monoisotopic (exact) mass is 199 g/mol. The van der Waals surface area contributed by atoms with Crippen molar-refractivity contribution in [3.05, 3.63) is 0 Å². The minimum atomic E-state index is 0.138. The summed E-state index contributed by atoms with van der Waals surface area (Å²) in [6, 6.07) is 0. The van der Waals surface area contributed by atoms with E-state index in [1.807, 2.05) is 14.2 Å². The van der Waals surface area contributed by atoms with E-state index in [0.717, 1.165) is 12.5 Å². The topological polar surface area (TPSA) is 21.3 Å². The van der Waals surface area contributed by atoms with Crippen LogP contribution < -0.4 is 5.32 Å². The minimum absolute atomic E-state index is 0.138. The molecular weight excluding hydrogens is 174 g/mol. The molecule has 0 unspecified atom stereocenters. The van der Waals surface area contributed by atoms with Gasteiger partial charge >= 0.3 is 0 Å². The fraction of sp³-hybridized carbons (Fsp3) is 1.00. The van der Waals surface area contributed by atoms with Gasteiger partial charge in [-0.25, -0.2) is 0 Å². The molecule has 1 N–H and O–H groups in total. The second-order valence-corrected chi connectivity index (χ2v) is 4.65. The molecule has 2 heteroatoms. The van der Waals surface area contributed by atoms with E-state index in [1.54, 1.807) is 0 Å². The van der Waals surface area contributed by atoms with Gasteiger partial charge in [-0.1, -0.05) is 19.8 Å². The summed E-state index contributed by atoms with van der Waals surface area (Å²) in [4.78, 5) is 0. The lowest BCUT2D eigenvalue weighted by atomic mass is 9.77. The van der Waals surface area contributed by atoms with Crippen molar-refractivity contribution >= 4 is 0 Å². The van der Waals surface area contributed by atoms with Crippen molar-refractivity contribution in [3.8, 4) is 0 Å². The van der Waals surface area contributed by atoms with Gasteiger partial charge in [0.2, 0.25) is 0 Å². The zero-order chi connectivity index (χ0) is 10.4. The number of nitrogens with one attached hydrogen (secondary N) is 1. The Morgan fingerprint density at radius 3 is 2.43 bits per heavy atom. The second-order valence-electron chi connectivity index (χ2n) is 4.65. The van der Waals surface area contributed by atoms with E-state index in [0.29, 0.717) is 0 Å². The largest absolute Gasteiger partial charge is 0.377 e. The maximum Gasteiger partial charge on any atom is 0.0802 e. The van der Waals surface area contributed by atoms with Gasteiger partial charge in [0.05, 0.1) is 5.60 Å². The lowest BCUT2D eigenvalue weighted by Crippen LogP contribution is -2.44. The van der Waals surface area contributed by atoms with Gasteiger partial charge in [0, 0.05) is 13.7 Å². The minimum Gasteiger partial charge on any atom is -0.377 e. The predicted octanol–water partition coefficient (Wildman–Crippen LogP) is 2.58. The number of methoxy groups -OCH3 is 1. The summed E-state index contributed by atoms with van der Waals surface area (Å²) in [5.41, 5.74) is 0.138. The molecule has 0 saturated heterocycles. The van der Waals surface area contributed by atoms with Crippen molar-refractivity contribution < 1.29 is 4.74 Å². The van der Waals surface area contributed by atoms with E-state index in [9.17, 15) is 0 Å². The van der Waals surface area contributed by atoms with Crippen LogP contribution in [-0.4, -0.2) is 26.3 Å². The first-order valence-corrected chi connectivity index (χ1v) is 5.96. The first-order valence-electron chi connectivity index (χ1n) is 5.96. The van der Waals surface area contributed by atoms with Crippen LogP contribution in [0.4, 0.5) is 0 Å². The Bertz CT molecular complexity index is 150. The van der Waals surface area contributed by atoms with E-state index >= 15 is 0 Å². The highest BCUT2D eigenvalue weighted by Gasteiger charge is 2.34. The van der Waals surface area contributed by atoms with Crippen molar-refractivity contribution in [2.75, 3.05) is 20.7 Å². The van der Waals surface area contributed by atoms with Crippen molar-refractivity contribution in [1.82, 2.24) is 5.32 Å². The summed E-state index contributed by atoms with van der Waals surface area (Å²) in [5, 5.41) is 3.25. The van der Waals surface area contributed by atoms with Gasteiger partial charge in [0.15, 0.2) is 0 Å². The van der Waals surface area contributed by atoms with Crippen LogP contribution in [0.2, 0.25) is 0 Å². The molecule has 0 amide bonds. The molecule has 0 aromatic rings. The average molecular weight is 199 g/mol. The molecule has 1 aliphatic rings. The van der Waals surface area contributed by atoms with E-state index in [4.69, 9.17) is 4.74 Å². The summed E-state index contributed by atoms with van der Waals surface area (Å²) < 4.78 is 5.68. The van der Waals surface area contributed by atoms with E-state index in [-0.39, 0.29) is 5.60 Å². The molecule has 1 fully saturated rings. The van der Waals surface area contributed by atoms with Gasteiger partial charge in [0.1, 0.15) is 0 Å². The molecule has 14 heavy (non-hydrogen) atoms. The van der Waals surface area contributed by atoms with Crippen LogP contribution in [0.15, 0.2) is 0 Å². The predicted molar refractivity (Wildman–Crippen MR) is 60.5 cm³/mol. The van der Waals surface area contributed by atoms with Gasteiger partial charge < -0.3 is 10.1 Å². The quantitative estimate of drug-likeness (QED) is 0.735. The Balaban J connectivity index is 2.38. The molecule has 0 radical (unpaired) electrons. The van der Waals surface area contributed by atoms with Crippen LogP contribution in [-0.2, 0) is 4.74 Å². The standard InChI is InChI=1S/C12H25NO/c1-4-5-11-6-8-12(14-3,9-7-11)10-13-2/h11,13H,4-10H2,1-3H3. The third-order valence-electron chi connectivity index (χ3n) is 3.65. The molecule has 0 heterocycles. The zero-order valence-corrected chi connectivity index (χ0v) is 9.94. The normalized spacial score (nSPS) is 33.2. The van der Waals surface area contributed by atoms with Crippen LogP contribution in [0, 0.1) is 5.92 Å². The highest BCUT2D eigenvalue weighted by molar-refractivity contribution is 4.88. The van der Waals surface area contributed by atoms with Gasteiger partial charge in [-0.3, -0.25) is 0 Å².